The van der Waals surface area contributed by atoms with Crippen LogP contribution in [-0.2, 0) is 4.79 Å². The number of carboxylic acids is 1. The van der Waals surface area contributed by atoms with Crippen molar-refractivity contribution in [2.75, 3.05) is 19.6 Å². The Balaban J connectivity index is 0.000000203. The second-order valence-corrected chi connectivity index (χ2v) is 5.15. The molecule has 7 heteroatoms. The Morgan fingerprint density at radius 2 is 2.06 bits per heavy atom. The van der Waals surface area contributed by atoms with Crippen LogP contribution in [0.1, 0.15) is 20.3 Å². The van der Waals surface area contributed by atoms with Crippen molar-refractivity contribution in [1.82, 2.24) is 10.2 Å². The number of carbonyl (C=O) groups is 1. The lowest BCUT2D eigenvalue weighted by atomic mass is 10.2. The summed E-state index contributed by atoms with van der Waals surface area (Å²) in [5, 5.41) is 10.6. The van der Waals surface area contributed by atoms with E-state index >= 15 is 0 Å². The maximum absolute atomic E-state index is 10.6. The normalized spacial score (nSPS) is 27.2. The first-order valence-corrected chi connectivity index (χ1v) is 5.97. The predicted octanol–water partition coefficient (Wildman–Crippen LogP) is 1.32. The average molecular weight is 268 g/mol. The van der Waals surface area contributed by atoms with Gasteiger partial charge in [-0.1, -0.05) is 13.8 Å². The fraction of sp³-hybridized carbons (Fsp3) is 0.909. The topological polar surface area (TPSA) is 52.6 Å². The van der Waals surface area contributed by atoms with E-state index in [9.17, 15) is 13.2 Å². The molecule has 0 aromatic heterocycles. The number of halogens is 3. The van der Waals surface area contributed by atoms with E-state index in [1.165, 1.54) is 26.1 Å². The molecule has 2 atom stereocenters. The summed E-state index contributed by atoms with van der Waals surface area (Å²) >= 11 is 0. The van der Waals surface area contributed by atoms with Gasteiger partial charge in [0, 0.05) is 31.7 Å². The number of rotatable bonds is 2. The fourth-order valence-electron chi connectivity index (χ4n) is 2.34. The Labute approximate surface area is 104 Å². The summed E-state index contributed by atoms with van der Waals surface area (Å²) in [6.45, 7) is 8.43. The summed E-state index contributed by atoms with van der Waals surface area (Å²) in [6, 6.07) is 1.68. The highest BCUT2D eigenvalue weighted by molar-refractivity contribution is 5.73. The zero-order valence-electron chi connectivity index (χ0n) is 10.5. The number of nitrogens with zero attached hydrogens (tertiary/aromatic N) is 1. The van der Waals surface area contributed by atoms with Crippen LogP contribution in [0.5, 0.6) is 0 Å². The van der Waals surface area contributed by atoms with Crippen LogP contribution >= 0.6 is 0 Å². The first-order valence-electron chi connectivity index (χ1n) is 5.97. The second-order valence-electron chi connectivity index (χ2n) is 5.15. The molecule has 0 spiro atoms. The summed E-state index contributed by atoms with van der Waals surface area (Å²) in [4.78, 5) is 11.5. The number of aliphatic carboxylic acids is 1. The van der Waals surface area contributed by atoms with Crippen LogP contribution in [0.4, 0.5) is 13.2 Å². The predicted molar refractivity (Wildman–Crippen MR) is 60.3 cm³/mol. The standard InChI is InChI=1S/C9H18N2.C2HF3O2/c1-7(2)5-11-6-8-3-9(11)4-10-8;3-2(4,5)1(6)7/h7-10H,3-6H2,1-2H3;(H,6,7)/t8-,9-;/m0./s1. The lowest BCUT2D eigenvalue weighted by Crippen LogP contribution is -2.44. The molecule has 2 fully saturated rings. The number of hydrogen-bond acceptors (Lipinski definition) is 3. The molecular weight excluding hydrogens is 249 g/mol. The molecule has 4 nitrogen and oxygen atoms in total. The average Bonchev–Trinajstić information content (AvgIpc) is 2.77. The van der Waals surface area contributed by atoms with E-state index in [-0.39, 0.29) is 0 Å². The summed E-state index contributed by atoms with van der Waals surface area (Å²) in [5.41, 5.74) is 0. The summed E-state index contributed by atoms with van der Waals surface area (Å²) in [7, 11) is 0. The van der Waals surface area contributed by atoms with Gasteiger partial charge >= 0.3 is 12.1 Å². The van der Waals surface area contributed by atoms with Crippen molar-refractivity contribution in [3.05, 3.63) is 0 Å². The Hall–Kier alpha value is -0.820. The molecule has 2 rings (SSSR count). The minimum atomic E-state index is -5.08. The van der Waals surface area contributed by atoms with Gasteiger partial charge in [-0.25, -0.2) is 4.79 Å². The van der Waals surface area contributed by atoms with Crippen LogP contribution < -0.4 is 5.32 Å². The molecule has 0 unspecified atom stereocenters. The Bertz CT molecular complexity index is 295. The fourth-order valence-corrected chi connectivity index (χ4v) is 2.34. The van der Waals surface area contributed by atoms with Gasteiger partial charge in [-0.3, -0.25) is 4.90 Å². The number of piperazine rings is 1. The molecule has 0 aliphatic carbocycles. The number of alkyl halides is 3. The number of likely N-dealkylation sites (tertiary alicyclic amines) is 1. The maximum atomic E-state index is 10.6. The number of nitrogens with one attached hydrogen (secondary N) is 1. The summed E-state index contributed by atoms with van der Waals surface area (Å²) in [5.74, 6) is -1.93. The number of fused-ring (bicyclic) bond motifs is 2. The first kappa shape index (κ1) is 15.2. The minimum absolute atomic E-state index is 0.818. The lowest BCUT2D eigenvalue weighted by Gasteiger charge is -2.28. The first-order chi connectivity index (χ1) is 8.20. The van der Waals surface area contributed by atoms with Crippen molar-refractivity contribution in [2.45, 2.75) is 38.5 Å². The summed E-state index contributed by atoms with van der Waals surface area (Å²) in [6.07, 6.45) is -3.69. The SMILES string of the molecule is CC(C)CN1C[C@@H]2C[C@H]1CN2.O=C(O)C(F)(F)F. The molecule has 2 saturated heterocycles. The molecule has 0 aromatic rings. The zero-order chi connectivity index (χ0) is 13.9. The Morgan fingerprint density at radius 1 is 1.50 bits per heavy atom. The van der Waals surface area contributed by atoms with E-state index in [0.29, 0.717) is 0 Å². The molecule has 106 valence electrons. The van der Waals surface area contributed by atoms with Gasteiger partial charge in [0.25, 0.3) is 0 Å². The van der Waals surface area contributed by atoms with E-state index in [2.05, 4.69) is 24.1 Å². The monoisotopic (exact) mass is 268 g/mol. The van der Waals surface area contributed by atoms with E-state index in [1.807, 2.05) is 0 Å². The summed E-state index contributed by atoms with van der Waals surface area (Å²) < 4.78 is 31.7. The lowest BCUT2D eigenvalue weighted by molar-refractivity contribution is -0.192. The quantitative estimate of drug-likeness (QED) is 0.793. The number of hydrogen-bond donors (Lipinski definition) is 2. The van der Waals surface area contributed by atoms with E-state index < -0.39 is 12.1 Å². The van der Waals surface area contributed by atoms with Crippen LogP contribution in [-0.4, -0.2) is 53.9 Å². The van der Waals surface area contributed by atoms with Crippen LogP contribution in [0.3, 0.4) is 0 Å². The zero-order valence-corrected chi connectivity index (χ0v) is 10.5. The van der Waals surface area contributed by atoms with E-state index in [0.717, 1.165) is 18.0 Å². The van der Waals surface area contributed by atoms with Gasteiger partial charge < -0.3 is 10.4 Å². The largest absolute Gasteiger partial charge is 0.490 e. The highest BCUT2D eigenvalue weighted by Crippen LogP contribution is 2.23. The highest BCUT2D eigenvalue weighted by atomic mass is 19.4. The molecule has 0 aromatic carbocycles. The molecule has 2 heterocycles. The van der Waals surface area contributed by atoms with Crippen molar-refractivity contribution in [3.8, 4) is 0 Å². The molecular formula is C11H19F3N2O2. The number of carboxylic acid groups (broad SMARTS) is 1. The van der Waals surface area contributed by atoms with Crippen molar-refractivity contribution in [3.63, 3.8) is 0 Å². The van der Waals surface area contributed by atoms with Crippen molar-refractivity contribution >= 4 is 5.97 Å². The molecule has 2 aliphatic rings. The van der Waals surface area contributed by atoms with E-state index in [4.69, 9.17) is 9.90 Å². The van der Waals surface area contributed by atoms with Gasteiger partial charge in [0.05, 0.1) is 0 Å². The van der Waals surface area contributed by atoms with E-state index in [1.54, 1.807) is 0 Å². The Morgan fingerprint density at radius 3 is 2.33 bits per heavy atom. The maximum Gasteiger partial charge on any atom is 0.490 e. The third-order valence-electron chi connectivity index (χ3n) is 3.01. The molecule has 0 saturated carbocycles. The second kappa shape index (κ2) is 5.88. The van der Waals surface area contributed by atoms with Crippen LogP contribution in [0.15, 0.2) is 0 Å². The molecule has 0 radical (unpaired) electrons. The smallest absolute Gasteiger partial charge is 0.475 e. The van der Waals surface area contributed by atoms with Crippen molar-refractivity contribution < 1.29 is 23.1 Å². The molecule has 2 bridgehead atoms. The van der Waals surface area contributed by atoms with Crippen molar-refractivity contribution in [2.24, 2.45) is 5.92 Å². The van der Waals surface area contributed by atoms with Gasteiger partial charge in [-0.15, -0.1) is 0 Å². The van der Waals surface area contributed by atoms with Gasteiger partial charge in [-0.2, -0.15) is 13.2 Å². The third-order valence-corrected chi connectivity index (χ3v) is 3.01. The molecule has 0 amide bonds. The van der Waals surface area contributed by atoms with Crippen LogP contribution in [0.25, 0.3) is 0 Å². The molecule has 2 aliphatic heterocycles. The van der Waals surface area contributed by atoms with Crippen LogP contribution in [0.2, 0.25) is 0 Å². The highest BCUT2D eigenvalue weighted by Gasteiger charge is 2.38. The van der Waals surface area contributed by atoms with Gasteiger partial charge in [0.15, 0.2) is 0 Å². The van der Waals surface area contributed by atoms with Gasteiger partial charge in [0.2, 0.25) is 0 Å². The molecule has 18 heavy (non-hydrogen) atoms. The van der Waals surface area contributed by atoms with Gasteiger partial charge in [0.1, 0.15) is 0 Å². The molecule has 2 N–H and O–H groups in total. The van der Waals surface area contributed by atoms with Crippen molar-refractivity contribution in [1.29, 1.82) is 0 Å². The minimum Gasteiger partial charge on any atom is -0.475 e. The van der Waals surface area contributed by atoms with Gasteiger partial charge in [-0.05, 0) is 12.3 Å². The third kappa shape index (κ3) is 4.45. The Kier molecular flexibility index (Phi) is 4.98. The van der Waals surface area contributed by atoms with Crippen LogP contribution in [0, 0.1) is 5.92 Å².